The van der Waals surface area contributed by atoms with Crippen LogP contribution in [0.25, 0.3) is 0 Å². The second-order valence-corrected chi connectivity index (χ2v) is 6.62. The van der Waals surface area contributed by atoms with E-state index in [2.05, 4.69) is 27.2 Å². The Bertz CT molecular complexity index is 945. The van der Waals surface area contributed by atoms with Gasteiger partial charge in [0.2, 0.25) is 11.9 Å². The molecular formula is C20H18N4O2S. The van der Waals surface area contributed by atoms with Gasteiger partial charge in [0.15, 0.2) is 0 Å². The number of nitrogens with one attached hydrogen (secondary N) is 2. The molecule has 0 aliphatic carbocycles. The van der Waals surface area contributed by atoms with Crippen LogP contribution in [-0.4, -0.2) is 21.0 Å². The van der Waals surface area contributed by atoms with Crippen LogP contribution in [0.5, 0.6) is 0 Å². The van der Waals surface area contributed by atoms with Crippen molar-refractivity contribution in [2.24, 2.45) is 0 Å². The van der Waals surface area contributed by atoms with Gasteiger partial charge in [-0.05, 0) is 54.1 Å². The first-order valence-corrected chi connectivity index (χ1v) is 8.99. The fraction of sp³-hybridized carbons (Fsp3) is 0.0500. The molecule has 2 aromatic carbocycles. The van der Waals surface area contributed by atoms with E-state index in [1.807, 2.05) is 54.6 Å². The van der Waals surface area contributed by atoms with E-state index in [0.717, 1.165) is 21.2 Å². The van der Waals surface area contributed by atoms with Crippen molar-refractivity contribution in [1.29, 1.82) is 0 Å². The molecular weight excluding hydrogens is 360 g/mol. The van der Waals surface area contributed by atoms with Crippen LogP contribution in [-0.2, 0) is 11.4 Å². The molecule has 0 aliphatic rings. The third-order valence-electron chi connectivity index (χ3n) is 3.53. The normalized spacial score (nSPS) is 10.3. The van der Waals surface area contributed by atoms with E-state index in [1.54, 1.807) is 6.20 Å². The summed E-state index contributed by atoms with van der Waals surface area (Å²) in [5.41, 5.74) is 2.33. The lowest BCUT2D eigenvalue weighted by atomic mass is 10.2. The van der Waals surface area contributed by atoms with Crippen molar-refractivity contribution in [3.63, 3.8) is 0 Å². The molecule has 3 N–H and O–H groups in total. The highest BCUT2D eigenvalue weighted by atomic mass is 32.2. The lowest BCUT2D eigenvalue weighted by Crippen LogP contribution is -2.06. The van der Waals surface area contributed by atoms with Gasteiger partial charge in [-0.1, -0.05) is 30.5 Å². The van der Waals surface area contributed by atoms with Crippen molar-refractivity contribution in [2.45, 2.75) is 16.5 Å². The zero-order valence-electron chi connectivity index (χ0n) is 14.4. The summed E-state index contributed by atoms with van der Waals surface area (Å²) in [7, 11) is 0. The number of carbonyl (C=O) groups is 1. The molecule has 0 unspecified atom stereocenters. The average Bonchev–Trinajstić information content (AvgIpc) is 2.70. The van der Waals surface area contributed by atoms with Crippen LogP contribution >= 0.6 is 11.8 Å². The van der Waals surface area contributed by atoms with Crippen molar-refractivity contribution >= 4 is 35.0 Å². The molecule has 1 amide bonds. The number of aliphatic hydroxyl groups excluding tert-OH is 1. The molecule has 136 valence electrons. The van der Waals surface area contributed by atoms with Gasteiger partial charge >= 0.3 is 0 Å². The Labute approximate surface area is 161 Å². The van der Waals surface area contributed by atoms with Crippen LogP contribution in [0.3, 0.4) is 0 Å². The second kappa shape index (κ2) is 8.98. The van der Waals surface area contributed by atoms with Gasteiger partial charge in [0.1, 0.15) is 5.03 Å². The third-order valence-corrected chi connectivity index (χ3v) is 4.47. The fourth-order valence-corrected chi connectivity index (χ4v) is 3.03. The van der Waals surface area contributed by atoms with E-state index in [9.17, 15) is 9.90 Å². The summed E-state index contributed by atoms with van der Waals surface area (Å²) in [6.07, 6.45) is 2.92. The minimum Gasteiger partial charge on any atom is -0.392 e. The molecule has 7 heteroatoms. The van der Waals surface area contributed by atoms with Gasteiger partial charge in [0.25, 0.3) is 0 Å². The topological polar surface area (TPSA) is 87.1 Å². The van der Waals surface area contributed by atoms with E-state index in [-0.39, 0.29) is 12.5 Å². The van der Waals surface area contributed by atoms with Gasteiger partial charge in [-0.25, -0.2) is 9.97 Å². The Morgan fingerprint density at radius 2 is 1.96 bits per heavy atom. The van der Waals surface area contributed by atoms with Gasteiger partial charge < -0.3 is 15.7 Å². The molecule has 3 aromatic rings. The summed E-state index contributed by atoms with van der Waals surface area (Å²) >= 11 is 1.49. The number of aliphatic hydroxyl groups is 1. The molecule has 3 rings (SSSR count). The molecule has 0 atom stereocenters. The summed E-state index contributed by atoms with van der Waals surface area (Å²) in [5, 5.41) is 15.9. The number of hydrogen-bond acceptors (Lipinski definition) is 6. The molecule has 0 aliphatic heterocycles. The summed E-state index contributed by atoms with van der Waals surface area (Å²) in [5.74, 6) is 0.233. The number of anilines is 3. The maximum Gasteiger partial charge on any atom is 0.247 e. The van der Waals surface area contributed by atoms with Gasteiger partial charge in [-0.2, -0.15) is 0 Å². The quantitative estimate of drug-likeness (QED) is 0.426. The molecule has 0 spiro atoms. The zero-order chi connectivity index (χ0) is 19.1. The van der Waals surface area contributed by atoms with E-state index in [1.165, 1.54) is 17.8 Å². The van der Waals surface area contributed by atoms with Gasteiger partial charge in [-0.15, -0.1) is 0 Å². The third kappa shape index (κ3) is 5.40. The second-order valence-electron chi connectivity index (χ2n) is 5.52. The average molecular weight is 378 g/mol. The Hall–Kier alpha value is -3.16. The first-order valence-electron chi connectivity index (χ1n) is 8.17. The van der Waals surface area contributed by atoms with Crippen LogP contribution in [0.1, 0.15) is 5.56 Å². The highest BCUT2D eigenvalue weighted by Crippen LogP contribution is 2.28. The number of amides is 1. The summed E-state index contributed by atoms with van der Waals surface area (Å²) in [4.78, 5) is 21.0. The first kappa shape index (κ1) is 18.6. The van der Waals surface area contributed by atoms with Crippen molar-refractivity contribution in [2.75, 3.05) is 10.6 Å². The van der Waals surface area contributed by atoms with Crippen LogP contribution in [0, 0.1) is 0 Å². The van der Waals surface area contributed by atoms with Gasteiger partial charge in [0, 0.05) is 22.5 Å². The predicted octanol–water partition coefficient (Wildman–Crippen LogP) is 3.99. The summed E-state index contributed by atoms with van der Waals surface area (Å²) in [6, 6.07) is 16.7. The molecule has 1 aromatic heterocycles. The molecule has 0 saturated carbocycles. The van der Waals surface area contributed by atoms with Crippen LogP contribution in [0.4, 0.5) is 17.3 Å². The number of hydrogen-bond donors (Lipinski definition) is 3. The Morgan fingerprint density at radius 3 is 2.70 bits per heavy atom. The maximum absolute atomic E-state index is 11.3. The Balaban J connectivity index is 1.68. The Kier molecular flexibility index (Phi) is 6.19. The molecule has 0 saturated heterocycles. The number of nitrogens with zero attached hydrogens (tertiary/aromatic N) is 2. The van der Waals surface area contributed by atoms with E-state index in [0.29, 0.717) is 11.6 Å². The number of benzene rings is 2. The largest absolute Gasteiger partial charge is 0.392 e. The van der Waals surface area contributed by atoms with E-state index >= 15 is 0 Å². The fourth-order valence-electron chi connectivity index (χ4n) is 2.26. The van der Waals surface area contributed by atoms with Crippen LogP contribution in [0.2, 0.25) is 0 Å². The van der Waals surface area contributed by atoms with Crippen molar-refractivity contribution in [3.8, 4) is 0 Å². The standard InChI is InChI=1S/C20H18N4O2S/c1-2-18(26)22-15-6-8-17(9-7-15)27-19-10-11-21-20(24-19)23-16-5-3-4-14(12-16)13-25/h2-12,25H,1,13H2,(H,22,26)(H,21,23,24). The highest BCUT2D eigenvalue weighted by molar-refractivity contribution is 7.99. The number of aromatic nitrogens is 2. The molecule has 0 radical (unpaired) electrons. The molecule has 6 nitrogen and oxygen atoms in total. The van der Waals surface area contributed by atoms with E-state index in [4.69, 9.17) is 0 Å². The Morgan fingerprint density at radius 1 is 1.15 bits per heavy atom. The molecule has 1 heterocycles. The van der Waals surface area contributed by atoms with Crippen LogP contribution < -0.4 is 10.6 Å². The smallest absolute Gasteiger partial charge is 0.247 e. The van der Waals surface area contributed by atoms with Gasteiger partial charge in [-0.3, -0.25) is 4.79 Å². The number of rotatable bonds is 7. The summed E-state index contributed by atoms with van der Waals surface area (Å²) < 4.78 is 0. The monoisotopic (exact) mass is 378 g/mol. The van der Waals surface area contributed by atoms with Crippen molar-refractivity contribution in [3.05, 3.63) is 79.0 Å². The lowest BCUT2D eigenvalue weighted by Gasteiger charge is -2.08. The molecule has 27 heavy (non-hydrogen) atoms. The van der Waals surface area contributed by atoms with E-state index < -0.39 is 0 Å². The molecule has 0 bridgehead atoms. The van der Waals surface area contributed by atoms with Crippen molar-refractivity contribution in [1.82, 2.24) is 9.97 Å². The van der Waals surface area contributed by atoms with Gasteiger partial charge in [0.05, 0.1) is 6.61 Å². The SMILES string of the molecule is C=CC(=O)Nc1ccc(Sc2ccnc(Nc3cccc(CO)c3)n2)cc1. The predicted molar refractivity (Wildman–Crippen MR) is 107 cm³/mol. The molecule has 0 fully saturated rings. The minimum atomic E-state index is -0.243. The van der Waals surface area contributed by atoms with Crippen molar-refractivity contribution < 1.29 is 9.90 Å². The zero-order valence-corrected chi connectivity index (χ0v) is 15.2. The minimum absolute atomic E-state index is 0.0183. The van der Waals surface area contributed by atoms with Crippen LogP contribution in [0.15, 0.2) is 83.4 Å². The first-order chi connectivity index (χ1) is 13.2. The maximum atomic E-state index is 11.3. The summed E-state index contributed by atoms with van der Waals surface area (Å²) in [6.45, 7) is 3.41. The highest BCUT2D eigenvalue weighted by Gasteiger charge is 2.04. The number of carbonyl (C=O) groups excluding carboxylic acids is 1. The lowest BCUT2D eigenvalue weighted by molar-refractivity contribution is -0.111.